The van der Waals surface area contributed by atoms with E-state index in [0.29, 0.717) is 36.6 Å². The first-order chi connectivity index (χ1) is 13.1. The van der Waals surface area contributed by atoms with Gasteiger partial charge in [-0.15, -0.1) is 10.2 Å². The number of benzene rings is 1. The Kier molecular flexibility index (Phi) is 6.95. The number of aryl methyl sites for hydroxylation is 1. The summed E-state index contributed by atoms with van der Waals surface area (Å²) < 4.78 is 0.948. The Morgan fingerprint density at radius 1 is 1.22 bits per heavy atom. The summed E-state index contributed by atoms with van der Waals surface area (Å²) in [6, 6.07) is 7.36. The molecule has 0 aliphatic carbocycles. The van der Waals surface area contributed by atoms with Gasteiger partial charge in [0.05, 0.1) is 0 Å². The molecule has 27 heavy (non-hydrogen) atoms. The molecule has 8 heteroatoms. The molecule has 3 rings (SSSR count). The molecule has 0 unspecified atom stereocenters. The number of amides is 2. The predicted molar refractivity (Wildman–Crippen MR) is 110 cm³/mol. The van der Waals surface area contributed by atoms with Crippen LogP contribution < -0.4 is 5.32 Å². The van der Waals surface area contributed by atoms with E-state index in [2.05, 4.69) is 38.4 Å². The topological polar surface area (TPSA) is 75.2 Å². The van der Waals surface area contributed by atoms with Crippen molar-refractivity contribution in [1.82, 2.24) is 15.1 Å². The minimum Gasteiger partial charge on any atom is -0.339 e. The predicted octanol–water partition coefficient (Wildman–Crippen LogP) is 4.13. The Morgan fingerprint density at radius 3 is 2.59 bits per heavy atom. The quantitative estimate of drug-likeness (QED) is 0.717. The van der Waals surface area contributed by atoms with Gasteiger partial charge < -0.3 is 10.2 Å². The van der Waals surface area contributed by atoms with E-state index in [1.807, 2.05) is 29.2 Å². The Bertz CT molecular complexity index is 785. The van der Waals surface area contributed by atoms with Crippen LogP contribution in [0.3, 0.4) is 0 Å². The van der Waals surface area contributed by atoms with Gasteiger partial charge in [0, 0.05) is 35.5 Å². The minimum absolute atomic E-state index is 0.0195. The molecule has 1 aromatic heterocycles. The van der Waals surface area contributed by atoms with E-state index in [1.54, 1.807) is 0 Å². The van der Waals surface area contributed by atoms with Crippen molar-refractivity contribution >= 4 is 44.2 Å². The number of piperidine rings is 1. The molecule has 1 saturated heterocycles. The smallest absolute Gasteiger partial charge is 0.253 e. The van der Waals surface area contributed by atoms with Crippen LogP contribution in [0.25, 0.3) is 0 Å². The van der Waals surface area contributed by atoms with E-state index in [4.69, 9.17) is 0 Å². The molecule has 1 N–H and O–H groups in total. The lowest BCUT2D eigenvalue weighted by atomic mass is 9.95. The van der Waals surface area contributed by atoms with E-state index < -0.39 is 0 Å². The third-order valence-corrected chi connectivity index (χ3v) is 6.11. The van der Waals surface area contributed by atoms with Crippen LogP contribution >= 0.6 is 27.3 Å². The molecule has 6 nitrogen and oxygen atoms in total. The lowest BCUT2D eigenvalue weighted by Gasteiger charge is -2.31. The summed E-state index contributed by atoms with van der Waals surface area (Å²) in [5.74, 6) is -0.100. The van der Waals surface area contributed by atoms with E-state index >= 15 is 0 Å². The summed E-state index contributed by atoms with van der Waals surface area (Å²) in [6.45, 7) is 3.31. The maximum atomic E-state index is 12.6. The lowest BCUT2D eigenvalue weighted by molar-refractivity contribution is -0.121. The van der Waals surface area contributed by atoms with Gasteiger partial charge in [0.15, 0.2) is 0 Å². The average molecular weight is 451 g/mol. The monoisotopic (exact) mass is 450 g/mol. The summed E-state index contributed by atoms with van der Waals surface area (Å²) in [5.41, 5.74) is 0.676. The number of halogens is 1. The van der Waals surface area contributed by atoms with Gasteiger partial charge in [-0.2, -0.15) is 0 Å². The van der Waals surface area contributed by atoms with Gasteiger partial charge >= 0.3 is 0 Å². The molecule has 2 amide bonds. The highest BCUT2D eigenvalue weighted by atomic mass is 79.9. The summed E-state index contributed by atoms with van der Waals surface area (Å²) >= 11 is 4.82. The number of rotatable bonds is 6. The number of hydrogen-bond acceptors (Lipinski definition) is 5. The first-order valence-electron chi connectivity index (χ1n) is 9.25. The van der Waals surface area contributed by atoms with Gasteiger partial charge in [0.25, 0.3) is 5.91 Å². The van der Waals surface area contributed by atoms with Crippen LogP contribution in [0.2, 0.25) is 0 Å². The molecule has 0 saturated carbocycles. The first kappa shape index (κ1) is 19.9. The van der Waals surface area contributed by atoms with Crippen LogP contribution in [0.1, 0.15) is 48.0 Å². The van der Waals surface area contributed by atoms with Crippen molar-refractivity contribution in [3.8, 4) is 0 Å². The summed E-state index contributed by atoms with van der Waals surface area (Å²) in [7, 11) is 0. The fourth-order valence-electron chi connectivity index (χ4n) is 3.06. The van der Waals surface area contributed by atoms with Crippen LogP contribution in [-0.2, 0) is 11.2 Å². The highest BCUT2D eigenvalue weighted by Gasteiger charge is 2.28. The maximum Gasteiger partial charge on any atom is 0.253 e. The molecule has 1 aliphatic rings. The van der Waals surface area contributed by atoms with E-state index in [0.717, 1.165) is 28.7 Å². The third kappa shape index (κ3) is 5.35. The van der Waals surface area contributed by atoms with Gasteiger partial charge in [-0.25, -0.2) is 0 Å². The highest BCUT2D eigenvalue weighted by molar-refractivity contribution is 9.10. The van der Waals surface area contributed by atoms with Gasteiger partial charge in [-0.3, -0.25) is 9.59 Å². The summed E-state index contributed by atoms with van der Waals surface area (Å²) in [6.07, 6.45) is 4.41. The van der Waals surface area contributed by atoms with Crippen LogP contribution in [0.15, 0.2) is 28.7 Å². The fraction of sp³-hybridized carbons (Fsp3) is 0.474. The molecule has 0 atom stereocenters. The van der Waals surface area contributed by atoms with E-state index in [-0.39, 0.29) is 17.7 Å². The number of aromatic nitrogens is 2. The zero-order valence-electron chi connectivity index (χ0n) is 15.3. The number of carbonyl (C=O) groups excluding carboxylic acids is 2. The first-order valence-corrected chi connectivity index (χ1v) is 10.9. The number of unbranched alkanes of at least 4 members (excludes halogenated alkanes) is 1. The molecule has 0 radical (unpaired) electrons. The fourth-order valence-corrected chi connectivity index (χ4v) is 4.11. The zero-order valence-corrected chi connectivity index (χ0v) is 17.7. The molecule has 2 aromatic rings. The molecule has 0 spiro atoms. The van der Waals surface area contributed by atoms with Crippen molar-refractivity contribution in [3.63, 3.8) is 0 Å². The molecule has 2 heterocycles. The minimum atomic E-state index is -0.0954. The Morgan fingerprint density at radius 2 is 1.93 bits per heavy atom. The number of hydrogen-bond donors (Lipinski definition) is 1. The summed E-state index contributed by atoms with van der Waals surface area (Å²) in [4.78, 5) is 26.9. The van der Waals surface area contributed by atoms with Crippen LogP contribution in [0, 0.1) is 5.92 Å². The van der Waals surface area contributed by atoms with Crippen molar-refractivity contribution in [2.75, 3.05) is 18.4 Å². The third-order valence-electron chi connectivity index (χ3n) is 4.69. The van der Waals surface area contributed by atoms with Crippen molar-refractivity contribution in [2.24, 2.45) is 5.92 Å². The molecule has 0 bridgehead atoms. The summed E-state index contributed by atoms with van der Waals surface area (Å²) in [5, 5.41) is 12.6. The van der Waals surface area contributed by atoms with Crippen LogP contribution in [0.4, 0.5) is 5.13 Å². The van der Waals surface area contributed by atoms with Crippen molar-refractivity contribution < 1.29 is 9.59 Å². The van der Waals surface area contributed by atoms with Crippen molar-refractivity contribution in [1.29, 1.82) is 0 Å². The second-order valence-electron chi connectivity index (χ2n) is 6.67. The molecular weight excluding hydrogens is 428 g/mol. The zero-order chi connectivity index (χ0) is 19.2. The number of anilines is 1. The molecule has 1 aromatic carbocycles. The normalized spacial score (nSPS) is 15.0. The number of likely N-dealkylation sites (tertiary alicyclic amines) is 1. The number of nitrogens with one attached hydrogen (secondary N) is 1. The maximum absolute atomic E-state index is 12.6. The van der Waals surface area contributed by atoms with Gasteiger partial charge in [-0.05, 0) is 43.5 Å². The van der Waals surface area contributed by atoms with E-state index in [1.165, 1.54) is 11.3 Å². The second kappa shape index (κ2) is 9.41. The van der Waals surface area contributed by atoms with Crippen molar-refractivity contribution in [2.45, 2.75) is 39.0 Å². The standard InChI is InChI=1S/C19H23BrN4O2S/c1-2-3-4-16-22-23-19(27-16)21-17(25)13-9-11-24(12-10-13)18(26)14-5-7-15(20)8-6-14/h5-8,13H,2-4,9-12H2,1H3,(H,21,23,25). The number of nitrogens with zero attached hydrogens (tertiary/aromatic N) is 3. The average Bonchev–Trinajstić information content (AvgIpc) is 3.13. The van der Waals surface area contributed by atoms with Gasteiger partial charge in [-0.1, -0.05) is 40.6 Å². The molecular formula is C19H23BrN4O2S. The van der Waals surface area contributed by atoms with Crippen LogP contribution in [0.5, 0.6) is 0 Å². The molecule has 144 valence electrons. The SMILES string of the molecule is CCCCc1nnc(NC(=O)C2CCN(C(=O)c3ccc(Br)cc3)CC2)s1. The van der Waals surface area contributed by atoms with Gasteiger partial charge in [0.2, 0.25) is 11.0 Å². The molecule has 1 aliphatic heterocycles. The van der Waals surface area contributed by atoms with E-state index in [9.17, 15) is 9.59 Å². The Hall–Kier alpha value is -1.80. The number of carbonyl (C=O) groups is 2. The highest BCUT2D eigenvalue weighted by Crippen LogP contribution is 2.23. The molecule has 1 fully saturated rings. The van der Waals surface area contributed by atoms with Crippen molar-refractivity contribution in [3.05, 3.63) is 39.3 Å². The van der Waals surface area contributed by atoms with Gasteiger partial charge in [0.1, 0.15) is 5.01 Å². The largest absolute Gasteiger partial charge is 0.339 e. The Labute approximate surface area is 171 Å². The Balaban J connectivity index is 1.49. The van der Waals surface area contributed by atoms with Crippen LogP contribution in [-0.4, -0.2) is 40.0 Å². The second-order valence-corrected chi connectivity index (χ2v) is 8.64. The lowest BCUT2D eigenvalue weighted by Crippen LogP contribution is -2.41.